The van der Waals surface area contributed by atoms with Crippen molar-refractivity contribution in [1.82, 2.24) is 45.2 Å². The average molecular weight is 978 g/mol. The van der Waals surface area contributed by atoms with Crippen LogP contribution in [0.2, 0.25) is 0 Å². The van der Waals surface area contributed by atoms with Gasteiger partial charge in [0.05, 0.1) is 87.8 Å². The van der Waals surface area contributed by atoms with Gasteiger partial charge in [0, 0.05) is 58.3 Å². The number of thiazole rings is 1. The molecule has 7 rings (SSSR count). The number of hydrogen-bond acceptors (Lipinski definition) is 17. The molecule has 3 aliphatic rings. The lowest BCUT2D eigenvalue weighted by Gasteiger charge is -2.39. The van der Waals surface area contributed by atoms with Crippen LogP contribution in [0.15, 0.2) is 36.0 Å². The Morgan fingerprint density at radius 3 is 2.28 bits per heavy atom. The Morgan fingerprint density at radius 1 is 0.928 bits per heavy atom. The van der Waals surface area contributed by atoms with Crippen molar-refractivity contribution in [2.75, 3.05) is 103 Å². The van der Waals surface area contributed by atoms with Crippen molar-refractivity contribution in [3.05, 3.63) is 47.2 Å². The van der Waals surface area contributed by atoms with Crippen molar-refractivity contribution in [3.8, 4) is 10.4 Å². The van der Waals surface area contributed by atoms with Crippen LogP contribution >= 0.6 is 11.3 Å². The number of carbonyl (C=O) groups excluding carboxylic acids is 3. The lowest BCUT2D eigenvalue weighted by molar-refractivity contribution is -0.144. The third-order valence-electron chi connectivity index (χ3n) is 12.8. The highest BCUT2D eigenvalue weighted by molar-refractivity contribution is 7.13. The van der Waals surface area contributed by atoms with Gasteiger partial charge in [-0.25, -0.2) is 9.97 Å². The van der Waals surface area contributed by atoms with E-state index in [1.807, 2.05) is 69.2 Å². The Bertz CT molecular complexity index is 2260. The average Bonchev–Trinajstić information content (AvgIpc) is 4.07. The number of morpholine rings is 1. The summed E-state index contributed by atoms with van der Waals surface area (Å²) in [5.41, 5.74) is 5.71. The summed E-state index contributed by atoms with van der Waals surface area (Å²) in [4.78, 5) is 59.2. The number of amides is 3. The molecule has 0 radical (unpaired) electrons. The molecule has 1 aliphatic carbocycles. The molecule has 3 aromatic heterocycles. The van der Waals surface area contributed by atoms with Gasteiger partial charge in [-0.15, -0.1) is 11.3 Å². The summed E-state index contributed by atoms with van der Waals surface area (Å²) in [6, 6.07) is 7.01. The number of hydrogen-bond donors (Lipinski definition) is 5. The van der Waals surface area contributed by atoms with Gasteiger partial charge in [-0.05, 0) is 49.1 Å². The molecule has 1 saturated carbocycles. The highest BCUT2D eigenvalue weighted by Crippen LogP contribution is 2.30. The molecule has 3 fully saturated rings. The Hall–Kier alpha value is -4.87. The molecule has 3 amide bonds. The second-order valence-electron chi connectivity index (χ2n) is 19.0. The van der Waals surface area contributed by atoms with Crippen molar-refractivity contribution >= 4 is 51.9 Å². The summed E-state index contributed by atoms with van der Waals surface area (Å²) in [7, 11) is 1.91. The van der Waals surface area contributed by atoms with Crippen LogP contribution in [0.1, 0.15) is 64.1 Å². The number of aryl methyl sites for hydroxylation is 2. The van der Waals surface area contributed by atoms with Crippen molar-refractivity contribution in [1.29, 1.82) is 0 Å². The first-order chi connectivity index (χ1) is 33.3. The van der Waals surface area contributed by atoms with Crippen LogP contribution in [0.3, 0.4) is 0 Å². The van der Waals surface area contributed by atoms with Gasteiger partial charge in [0.15, 0.2) is 5.82 Å². The van der Waals surface area contributed by atoms with Gasteiger partial charge < -0.3 is 55.0 Å². The molecule has 2 saturated heterocycles. The number of aromatic nitrogens is 5. The first-order valence-corrected chi connectivity index (χ1v) is 25.1. The molecule has 5 N–H and O–H groups in total. The molecule has 1 aromatic carbocycles. The summed E-state index contributed by atoms with van der Waals surface area (Å²) >= 11 is 1.57. The largest absolute Gasteiger partial charge is 0.391 e. The molecule has 20 nitrogen and oxygen atoms in total. The third-order valence-corrected chi connectivity index (χ3v) is 13.8. The van der Waals surface area contributed by atoms with E-state index >= 15 is 0 Å². The molecule has 378 valence electrons. The van der Waals surface area contributed by atoms with Crippen LogP contribution in [0.5, 0.6) is 0 Å². The minimum Gasteiger partial charge on any atom is -0.391 e. The van der Waals surface area contributed by atoms with E-state index in [4.69, 9.17) is 28.7 Å². The standard InChI is InChI=1S/C48H71N11O9S/c1-32-42(69-31-51-32)34-8-6-33(7-9-34)27-50-45(62)39-26-37(60)29-59(39)46(63)43(48(2,3)4)55-40(61)30-68-25-24-67-23-22-66-21-20-64-17-14-49-47-54-38-28-52-57(5)41(38)44(56-47)53-35-10-12-36(13-11-35)58-15-18-65-19-16-58/h6-9,28,31,35-37,39,43,60H,10-27,29-30H2,1-5H3,(H,50,62)(H,55,61)(H2,49,53,54,56)/t35-,36-,37-,39+,43-/m1/s1. The van der Waals surface area contributed by atoms with Gasteiger partial charge in [0.2, 0.25) is 23.7 Å². The van der Waals surface area contributed by atoms with Gasteiger partial charge in [-0.1, -0.05) is 45.0 Å². The number of β-amino-alcohol motifs (C(OH)–C–C–N with tert-alkyl or cyclic N) is 1. The number of likely N-dealkylation sites (tertiary alicyclic amines) is 1. The Balaban J connectivity index is 0.729. The number of carbonyl (C=O) groups is 3. The minimum atomic E-state index is -0.959. The van der Waals surface area contributed by atoms with E-state index in [1.165, 1.54) is 4.90 Å². The van der Waals surface area contributed by atoms with Crippen LogP contribution in [0, 0.1) is 12.3 Å². The second-order valence-corrected chi connectivity index (χ2v) is 19.8. The Morgan fingerprint density at radius 2 is 1.61 bits per heavy atom. The predicted octanol–water partition coefficient (Wildman–Crippen LogP) is 3.14. The Labute approximate surface area is 408 Å². The van der Waals surface area contributed by atoms with Gasteiger partial charge in [-0.2, -0.15) is 10.1 Å². The molecule has 4 aromatic rings. The van der Waals surface area contributed by atoms with Crippen molar-refractivity contribution in [2.45, 2.75) is 96.6 Å². The fraction of sp³-hybridized carbons (Fsp3) is 0.646. The molecule has 21 heteroatoms. The SMILES string of the molecule is Cc1ncsc1-c1ccc(CNC(=O)[C@@H]2C[C@@H](O)CN2C(=O)[C@@H](NC(=O)COCCOCCOCCOCCNc2nc(N[C@H]3CC[C@H](N4CCOCC4)CC3)c3c(cnn3C)n2)C(C)(C)C)cc1. The van der Waals surface area contributed by atoms with E-state index in [2.05, 4.69) is 41.2 Å². The van der Waals surface area contributed by atoms with Crippen LogP contribution in [0.25, 0.3) is 21.5 Å². The third kappa shape index (κ3) is 14.8. The maximum Gasteiger partial charge on any atom is 0.246 e. The fourth-order valence-electron chi connectivity index (χ4n) is 9.02. The van der Waals surface area contributed by atoms with E-state index in [-0.39, 0.29) is 45.2 Å². The first kappa shape index (κ1) is 52.0. The zero-order valence-electron chi connectivity index (χ0n) is 40.7. The number of rotatable bonds is 24. The van der Waals surface area contributed by atoms with E-state index in [0.29, 0.717) is 57.6 Å². The lowest BCUT2D eigenvalue weighted by Crippen LogP contribution is -2.58. The summed E-state index contributed by atoms with van der Waals surface area (Å²) in [5, 5.41) is 27.7. The molecular weight excluding hydrogens is 907 g/mol. The number of ether oxygens (including phenoxy) is 5. The Kier molecular flexibility index (Phi) is 19.1. The van der Waals surface area contributed by atoms with Crippen molar-refractivity contribution in [2.24, 2.45) is 12.5 Å². The molecule has 69 heavy (non-hydrogen) atoms. The molecule has 0 bridgehead atoms. The molecule has 0 spiro atoms. The number of anilines is 2. The maximum atomic E-state index is 13.9. The predicted molar refractivity (Wildman–Crippen MR) is 262 cm³/mol. The number of fused-ring (bicyclic) bond motifs is 1. The number of aliphatic hydroxyl groups excluding tert-OH is 1. The van der Waals surface area contributed by atoms with Gasteiger partial charge in [0.1, 0.15) is 29.7 Å². The summed E-state index contributed by atoms with van der Waals surface area (Å²) in [6.45, 7) is 14.1. The zero-order chi connectivity index (χ0) is 48.8. The van der Waals surface area contributed by atoms with Crippen LogP contribution in [-0.4, -0.2) is 180 Å². The summed E-state index contributed by atoms with van der Waals surface area (Å²) in [6.07, 6.45) is 5.49. The summed E-state index contributed by atoms with van der Waals surface area (Å²) < 4.78 is 29.9. The molecule has 3 atom stereocenters. The highest BCUT2D eigenvalue weighted by atomic mass is 32.1. The van der Waals surface area contributed by atoms with E-state index in [9.17, 15) is 19.5 Å². The van der Waals surface area contributed by atoms with E-state index in [0.717, 1.165) is 90.5 Å². The number of benzene rings is 1. The first-order valence-electron chi connectivity index (χ1n) is 24.2. The van der Waals surface area contributed by atoms with Gasteiger partial charge in [-0.3, -0.25) is 24.0 Å². The molecular formula is C48H71N11O9S. The monoisotopic (exact) mass is 978 g/mol. The summed E-state index contributed by atoms with van der Waals surface area (Å²) in [5.74, 6) is 0.0355. The van der Waals surface area contributed by atoms with Crippen molar-refractivity contribution in [3.63, 3.8) is 0 Å². The molecule has 5 heterocycles. The highest BCUT2D eigenvalue weighted by Gasteiger charge is 2.44. The van der Waals surface area contributed by atoms with Crippen LogP contribution in [0.4, 0.5) is 11.8 Å². The van der Waals surface area contributed by atoms with Gasteiger partial charge in [0.25, 0.3) is 0 Å². The zero-order valence-corrected chi connectivity index (χ0v) is 41.6. The minimum absolute atomic E-state index is 0.0118. The fourth-order valence-corrected chi connectivity index (χ4v) is 9.84. The molecule has 2 aliphatic heterocycles. The normalized spacial score (nSPS) is 20.5. The van der Waals surface area contributed by atoms with Crippen molar-refractivity contribution < 1.29 is 43.2 Å². The smallest absolute Gasteiger partial charge is 0.246 e. The lowest BCUT2D eigenvalue weighted by atomic mass is 9.85. The molecule has 0 unspecified atom stereocenters. The van der Waals surface area contributed by atoms with E-state index < -0.39 is 35.4 Å². The second kappa shape index (κ2) is 25.3. The topological polar surface area (TPSA) is 229 Å². The number of aliphatic hydroxyl groups is 1. The van der Waals surface area contributed by atoms with Crippen LogP contribution in [-0.2, 0) is 51.7 Å². The van der Waals surface area contributed by atoms with E-state index in [1.54, 1.807) is 17.5 Å². The van der Waals surface area contributed by atoms with Crippen LogP contribution < -0.4 is 21.3 Å². The number of nitrogens with zero attached hydrogens (tertiary/aromatic N) is 7. The maximum absolute atomic E-state index is 13.9. The number of nitrogens with one attached hydrogen (secondary N) is 4. The quantitative estimate of drug-likeness (QED) is 0.0636. The van der Waals surface area contributed by atoms with Gasteiger partial charge >= 0.3 is 0 Å².